The number of allylic oxidation sites excluding steroid dienone is 3. The summed E-state index contributed by atoms with van der Waals surface area (Å²) in [5, 5.41) is 0. The van der Waals surface area contributed by atoms with Gasteiger partial charge in [0.2, 0.25) is 6.29 Å². The topological polar surface area (TPSA) is 60.2 Å². The minimum Gasteiger partial charge on any atom is -0.349 e. The molecule has 16 heavy (non-hydrogen) atoms. The van der Waals surface area contributed by atoms with Gasteiger partial charge in [-0.05, 0) is 6.08 Å². The van der Waals surface area contributed by atoms with Gasteiger partial charge in [0.1, 0.15) is 5.92 Å². The zero-order valence-corrected chi connectivity index (χ0v) is 9.08. The second-order valence-electron chi connectivity index (χ2n) is 3.37. The highest BCUT2D eigenvalue weighted by atomic mass is 16.7. The van der Waals surface area contributed by atoms with E-state index < -0.39 is 6.29 Å². The molecule has 1 unspecified atom stereocenters. The molecular weight excluding hydrogens is 208 g/mol. The number of aliphatic imine (C=N–C) groups is 2. The summed E-state index contributed by atoms with van der Waals surface area (Å²) < 4.78 is 10.0. The first-order chi connectivity index (χ1) is 7.76. The molecule has 1 heterocycles. The van der Waals surface area contributed by atoms with Crippen LogP contribution in [-0.2, 0) is 14.3 Å². The van der Waals surface area contributed by atoms with Crippen LogP contribution in [0.4, 0.5) is 0 Å². The summed E-state index contributed by atoms with van der Waals surface area (Å²) in [4.78, 5) is 19.8. The zero-order valence-electron chi connectivity index (χ0n) is 9.08. The summed E-state index contributed by atoms with van der Waals surface area (Å²) in [6.45, 7) is 0. The molecule has 0 saturated carbocycles. The average Bonchev–Trinajstić information content (AvgIpc) is 2.31. The normalized spacial score (nSPS) is 23.2. The van der Waals surface area contributed by atoms with Crippen LogP contribution in [0.1, 0.15) is 0 Å². The number of hydrogen-bond donors (Lipinski definition) is 0. The molecule has 0 radical (unpaired) electrons. The number of carbonyl (C=O) groups excluding carboxylic acids is 1. The van der Waals surface area contributed by atoms with Crippen molar-refractivity contribution in [2.75, 3.05) is 14.2 Å². The fourth-order valence-corrected chi connectivity index (χ4v) is 1.60. The van der Waals surface area contributed by atoms with Crippen LogP contribution in [0.5, 0.6) is 0 Å². The molecule has 5 heteroatoms. The summed E-state index contributed by atoms with van der Waals surface area (Å²) in [6.07, 6.45) is 6.51. The van der Waals surface area contributed by atoms with Gasteiger partial charge in [0.25, 0.3) is 5.91 Å². The van der Waals surface area contributed by atoms with Gasteiger partial charge in [0.15, 0.2) is 5.84 Å². The number of rotatable bonds is 3. The smallest absolute Gasteiger partial charge is 0.260 e. The van der Waals surface area contributed by atoms with Gasteiger partial charge < -0.3 is 9.47 Å². The molecule has 0 fully saturated rings. The highest BCUT2D eigenvalue weighted by molar-refractivity contribution is 6.21. The highest BCUT2D eigenvalue weighted by Gasteiger charge is 2.29. The van der Waals surface area contributed by atoms with Gasteiger partial charge in [-0.1, -0.05) is 18.2 Å². The Labute approximate surface area is 93.2 Å². The minimum absolute atomic E-state index is 0.236. The van der Waals surface area contributed by atoms with Crippen molar-refractivity contribution in [2.45, 2.75) is 6.29 Å². The molecule has 0 spiro atoms. The van der Waals surface area contributed by atoms with Crippen molar-refractivity contribution >= 4 is 17.5 Å². The van der Waals surface area contributed by atoms with Gasteiger partial charge in [-0.15, -0.1) is 0 Å². The van der Waals surface area contributed by atoms with Crippen molar-refractivity contribution in [3.63, 3.8) is 0 Å². The molecule has 1 atom stereocenters. The van der Waals surface area contributed by atoms with Crippen LogP contribution in [0.3, 0.4) is 0 Å². The first kappa shape index (κ1) is 10.9. The van der Waals surface area contributed by atoms with E-state index in [9.17, 15) is 4.79 Å². The summed E-state index contributed by atoms with van der Waals surface area (Å²) in [5.74, 6) is -0.330. The Morgan fingerprint density at radius 1 is 1.25 bits per heavy atom. The fraction of sp³-hybridized carbons (Fsp3) is 0.364. The van der Waals surface area contributed by atoms with Crippen LogP contribution in [0.2, 0.25) is 0 Å². The van der Waals surface area contributed by atoms with Crippen molar-refractivity contribution in [1.82, 2.24) is 0 Å². The first-order valence-corrected chi connectivity index (χ1v) is 4.87. The number of nitrogens with zero attached hydrogens (tertiary/aromatic N) is 2. The molecule has 0 bridgehead atoms. The van der Waals surface area contributed by atoms with Gasteiger partial charge >= 0.3 is 0 Å². The third-order valence-electron chi connectivity index (χ3n) is 2.37. The minimum atomic E-state index is -0.697. The van der Waals surface area contributed by atoms with Crippen LogP contribution in [-0.4, -0.2) is 38.0 Å². The molecule has 0 N–H and O–H groups in total. The lowest BCUT2D eigenvalue weighted by Gasteiger charge is -2.20. The van der Waals surface area contributed by atoms with Crippen LogP contribution >= 0.6 is 0 Å². The molecule has 0 aromatic heterocycles. The van der Waals surface area contributed by atoms with Crippen molar-refractivity contribution in [3.05, 3.63) is 24.3 Å². The lowest BCUT2D eigenvalue weighted by molar-refractivity contribution is -0.119. The Morgan fingerprint density at radius 2 is 2.00 bits per heavy atom. The molecule has 1 aliphatic heterocycles. The summed E-state index contributed by atoms with van der Waals surface area (Å²) in [6, 6.07) is 0. The number of amides is 1. The number of ether oxygens (including phenoxy) is 2. The number of hydrogen-bond acceptors (Lipinski definition) is 4. The molecule has 0 aromatic rings. The van der Waals surface area contributed by atoms with E-state index in [4.69, 9.17) is 9.47 Å². The highest BCUT2D eigenvalue weighted by Crippen LogP contribution is 2.17. The number of fused-ring (bicyclic) bond motifs is 1. The zero-order chi connectivity index (χ0) is 11.5. The van der Waals surface area contributed by atoms with E-state index in [0.717, 1.165) is 0 Å². The SMILES string of the molecule is COC(OC)C1=NC(=O)C2C=CC=CC2=N1. The van der Waals surface area contributed by atoms with Gasteiger partial charge in [-0.25, -0.2) is 4.99 Å². The lowest BCUT2D eigenvalue weighted by Crippen LogP contribution is -2.33. The Kier molecular flexibility index (Phi) is 3.07. The predicted molar refractivity (Wildman–Crippen MR) is 59.5 cm³/mol. The van der Waals surface area contributed by atoms with Gasteiger partial charge in [0.05, 0.1) is 5.71 Å². The quantitative estimate of drug-likeness (QED) is 0.659. The fourth-order valence-electron chi connectivity index (χ4n) is 1.60. The first-order valence-electron chi connectivity index (χ1n) is 4.87. The number of carbonyl (C=O) groups is 1. The van der Waals surface area contributed by atoms with E-state index in [1.165, 1.54) is 14.2 Å². The van der Waals surface area contributed by atoms with Crippen molar-refractivity contribution in [2.24, 2.45) is 15.9 Å². The Hall–Kier alpha value is -1.59. The molecule has 84 valence electrons. The second kappa shape index (κ2) is 4.51. The lowest BCUT2D eigenvalue weighted by atomic mass is 9.96. The molecule has 0 aromatic carbocycles. The van der Waals surface area contributed by atoms with Gasteiger partial charge in [0, 0.05) is 14.2 Å². The van der Waals surface area contributed by atoms with E-state index in [0.29, 0.717) is 5.71 Å². The molecule has 1 amide bonds. The van der Waals surface area contributed by atoms with Crippen LogP contribution < -0.4 is 0 Å². The Balaban J connectivity index is 2.31. The molecule has 1 aliphatic carbocycles. The molecule has 2 rings (SSSR count). The maximum Gasteiger partial charge on any atom is 0.260 e. The van der Waals surface area contributed by atoms with Crippen molar-refractivity contribution < 1.29 is 14.3 Å². The summed E-state index contributed by atoms with van der Waals surface area (Å²) >= 11 is 0. The molecule has 5 nitrogen and oxygen atoms in total. The second-order valence-corrected chi connectivity index (χ2v) is 3.37. The van der Waals surface area contributed by atoms with E-state index in [-0.39, 0.29) is 17.7 Å². The van der Waals surface area contributed by atoms with Crippen LogP contribution in [0.25, 0.3) is 0 Å². The maximum atomic E-state index is 11.7. The standard InChI is InChI=1S/C11H12N2O3/c1-15-11(16-2)9-12-8-6-4-3-5-7(8)10(14)13-9/h3-7,11H,1-2H3. The summed E-state index contributed by atoms with van der Waals surface area (Å²) in [7, 11) is 2.95. The third kappa shape index (κ3) is 1.87. The average molecular weight is 220 g/mol. The van der Waals surface area contributed by atoms with Crippen molar-refractivity contribution in [3.8, 4) is 0 Å². The molecular formula is C11H12N2O3. The monoisotopic (exact) mass is 220 g/mol. The number of methoxy groups -OCH3 is 2. The molecule has 2 aliphatic rings. The Morgan fingerprint density at radius 3 is 2.69 bits per heavy atom. The molecule has 0 saturated heterocycles. The van der Waals surface area contributed by atoms with E-state index in [1.54, 1.807) is 12.2 Å². The largest absolute Gasteiger partial charge is 0.349 e. The van der Waals surface area contributed by atoms with Gasteiger partial charge in [-0.2, -0.15) is 4.99 Å². The van der Waals surface area contributed by atoms with E-state index in [1.807, 2.05) is 12.2 Å². The van der Waals surface area contributed by atoms with Crippen LogP contribution in [0, 0.1) is 5.92 Å². The Bertz CT molecular complexity index is 417. The van der Waals surface area contributed by atoms with Crippen molar-refractivity contribution in [1.29, 1.82) is 0 Å². The van der Waals surface area contributed by atoms with Crippen LogP contribution in [0.15, 0.2) is 34.3 Å². The van der Waals surface area contributed by atoms with E-state index in [2.05, 4.69) is 9.98 Å². The summed E-state index contributed by atoms with van der Waals surface area (Å²) in [5.41, 5.74) is 0.677. The van der Waals surface area contributed by atoms with Gasteiger partial charge in [-0.3, -0.25) is 4.79 Å². The maximum absolute atomic E-state index is 11.7. The van der Waals surface area contributed by atoms with E-state index >= 15 is 0 Å². The third-order valence-corrected chi connectivity index (χ3v) is 2.37. The number of amidine groups is 1. The predicted octanol–water partition coefficient (Wildman–Crippen LogP) is 0.727.